The van der Waals surface area contributed by atoms with Crippen LogP contribution in [0.25, 0.3) is 0 Å². The van der Waals surface area contributed by atoms with E-state index in [0.717, 1.165) is 5.56 Å². The van der Waals surface area contributed by atoms with Crippen molar-refractivity contribution >= 4 is 11.9 Å². The summed E-state index contributed by atoms with van der Waals surface area (Å²) in [5.41, 5.74) is 0.322. The Hall–Kier alpha value is -1.84. The Labute approximate surface area is 93.5 Å². The van der Waals surface area contributed by atoms with Crippen molar-refractivity contribution in [2.45, 2.75) is 25.7 Å². The molecule has 0 radical (unpaired) electrons. The number of aromatic carboxylic acids is 1. The molecule has 1 rings (SSSR count). The average Bonchev–Trinajstić information content (AvgIpc) is 2.16. The van der Waals surface area contributed by atoms with Crippen molar-refractivity contribution in [1.82, 2.24) is 0 Å². The van der Waals surface area contributed by atoms with Crippen LogP contribution in [-0.4, -0.2) is 22.2 Å². The van der Waals surface area contributed by atoms with E-state index in [1.807, 2.05) is 0 Å². The molecule has 4 heteroatoms. The molecular weight excluding hydrogens is 208 g/mol. The standard InChI is InChI=1S/C12H14O4/c1-12(2,7-10(13)14)9-5-3-4-8(6-9)11(15)16/h3-6H,7H2,1-2H3,(H,13,14)(H,15,16). The van der Waals surface area contributed by atoms with E-state index in [4.69, 9.17) is 10.2 Å². The fourth-order valence-corrected chi connectivity index (χ4v) is 1.55. The Morgan fingerprint density at radius 2 is 1.88 bits per heavy atom. The van der Waals surface area contributed by atoms with Gasteiger partial charge < -0.3 is 10.2 Å². The zero-order valence-corrected chi connectivity index (χ0v) is 9.23. The van der Waals surface area contributed by atoms with Crippen LogP contribution in [0.2, 0.25) is 0 Å². The zero-order chi connectivity index (χ0) is 12.3. The van der Waals surface area contributed by atoms with Crippen molar-refractivity contribution in [3.8, 4) is 0 Å². The molecule has 1 aromatic rings. The highest BCUT2D eigenvalue weighted by Gasteiger charge is 2.24. The largest absolute Gasteiger partial charge is 0.481 e. The fourth-order valence-electron chi connectivity index (χ4n) is 1.55. The van der Waals surface area contributed by atoms with E-state index < -0.39 is 17.4 Å². The van der Waals surface area contributed by atoms with E-state index in [1.165, 1.54) is 12.1 Å². The molecule has 0 aliphatic carbocycles. The van der Waals surface area contributed by atoms with Crippen molar-refractivity contribution in [2.24, 2.45) is 0 Å². The molecular formula is C12H14O4. The number of hydrogen-bond donors (Lipinski definition) is 2. The fraction of sp³-hybridized carbons (Fsp3) is 0.333. The van der Waals surface area contributed by atoms with Crippen LogP contribution in [0.1, 0.15) is 36.2 Å². The number of benzene rings is 1. The highest BCUT2D eigenvalue weighted by Crippen LogP contribution is 2.27. The Morgan fingerprint density at radius 1 is 1.25 bits per heavy atom. The normalized spacial score (nSPS) is 11.1. The predicted octanol–water partition coefficient (Wildman–Crippen LogP) is 2.14. The molecule has 0 aliphatic heterocycles. The molecule has 0 spiro atoms. The third kappa shape index (κ3) is 2.82. The second kappa shape index (κ2) is 4.35. The molecule has 0 aromatic heterocycles. The van der Waals surface area contributed by atoms with Gasteiger partial charge in [-0.1, -0.05) is 26.0 Å². The third-order valence-electron chi connectivity index (χ3n) is 2.48. The van der Waals surface area contributed by atoms with E-state index in [0.29, 0.717) is 0 Å². The minimum Gasteiger partial charge on any atom is -0.481 e. The molecule has 86 valence electrons. The van der Waals surface area contributed by atoms with Crippen LogP contribution in [0.3, 0.4) is 0 Å². The molecule has 1 aromatic carbocycles. The second-order valence-corrected chi connectivity index (χ2v) is 4.34. The van der Waals surface area contributed by atoms with Gasteiger partial charge in [-0.3, -0.25) is 4.79 Å². The topological polar surface area (TPSA) is 74.6 Å². The molecule has 0 saturated carbocycles. The minimum atomic E-state index is -1.01. The molecule has 0 heterocycles. The summed E-state index contributed by atoms with van der Waals surface area (Å²) < 4.78 is 0. The minimum absolute atomic E-state index is 0.0317. The van der Waals surface area contributed by atoms with Crippen LogP contribution in [0.5, 0.6) is 0 Å². The van der Waals surface area contributed by atoms with Crippen LogP contribution in [0, 0.1) is 0 Å². The number of carbonyl (C=O) groups is 2. The quantitative estimate of drug-likeness (QED) is 0.818. The van der Waals surface area contributed by atoms with E-state index in [9.17, 15) is 9.59 Å². The maximum atomic E-state index is 10.8. The molecule has 0 bridgehead atoms. The van der Waals surface area contributed by atoms with Crippen LogP contribution in [0.4, 0.5) is 0 Å². The second-order valence-electron chi connectivity index (χ2n) is 4.34. The van der Waals surface area contributed by atoms with Gasteiger partial charge in [0.15, 0.2) is 0 Å². The Kier molecular flexibility index (Phi) is 3.32. The number of rotatable bonds is 4. The maximum Gasteiger partial charge on any atom is 0.335 e. The maximum absolute atomic E-state index is 10.8. The van der Waals surface area contributed by atoms with Gasteiger partial charge in [-0.15, -0.1) is 0 Å². The van der Waals surface area contributed by atoms with Gasteiger partial charge in [0.25, 0.3) is 0 Å². The molecule has 0 atom stereocenters. The Bertz CT molecular complexity index is 421. The van der Waals surface area contributed by atoms with Gasteiger partial charge in [0.1, 0.15) is 0 Å². The smallest absolute Gasteiger partial charge is 0.335 e. The van der Waals surface area contributed by atoms with E-state index >= 15 is 0 Å². The first-order chi connectivity index (χ1) is 7.33. The first-order valence-corrected chi connectivity index (χ1v) is 4.88. The van der Waals surface area contributed by atoms with Crippen molar-refractivity contribution in [3.05, 3.63) is 35.4 Å². The zero-order valence-electron chi connectivity index (χ0n) is 9.23. The monoisotopic (exact) mass is 222 g/mol. The van der Waals surface area contributed by atoms with Gasteiger partial charge in [0.05, 0.1) is 12.0 Å². The van der Waals surface area contributed by atoms with Crippen molar-refractivity contribution in [2.75, 3.05) is 0 Å². The number of carboxylic acids is 2. The summed E-state index contributed by atoms with van der Waals surface area (Å²) in [6, 6.07) is 6.38. The SMILES string of the molecule is CC(C)(CC(=O)O)c1cccc(C(=O)O)c1. The highest BCUT2D eigenvalue weighted by atomic mass is 16.4. The number of carboxylic acid groups (broad SMARTS) is 2. The molecule has 0 aliphatic rings. The van der Waals surface area contributed by atoms with E-state index in [1.54, 1.807) is 26.0 Å². The predicted molar refractivity (Wildman–Crippen MR) is 58.7 cm³/mol. The van der Waals surface area contributed by atoms with E-state index in [2.05, 4.69) is 0 Å². The molecule has 16 heavy (non-hydrogen) atoms. The van der Waals surface area contributed by atoms with Crippen LogP contribution in [0.15, 0.2) is 24.3 Å². The molecule has 0 saturated heterocycles. The van der Waals surface area contributed by atoms with Crippen molar-refractivity contribution < 1.29 is 19.8 Å². The lowest BCUT2D eigenvalue weighted by atomic mass is 9.81. The van der Waals surface area contributed by atoms with Gasteiger partial charge in [-0.05, 0) is 17.7 Å². The summed E-state index contributed by atoms with van der Waals surface area (Å²) in [6.07, 6.45) is -0.0317. The lowest BCUT2D eigenvalue weighted by Crippen LogP contribution is -2.22. The van der Waals surface area contributed by atoms with Gasteiger partial charge in [0.2, 0.25) is 0 Å². The molecule has 4 nitrogen and oxygen atoms in total. The summed E-state index contributed by atoms with van der Waals surface area (Å²) in [6.45, 7) is 3.56. The number of hydrogen-bond acceptors (Lipinski definition) is 2. The molecule has 0 fully saturated rings. The van der Waals surface area contributed by atoms with Gasteiger partial charge >= 0.3 is 11.9 Å². The Morgan fingerprint density at radius 3 is 2.38 bits per heavy atom. The summed E-state index contributed by atoms with van der Waals surface area (Å²) in [4.78, 5) is 21.5. The molecule has 0 amide bonds. The lowest BCUT2D eigenvalue weighted by molar-refractivity contribution is -0.138. The summed E-state index contributed by atoms with van der Waals surface area (Å²) in [7, 11) is 0. The summed E-state index contributed by atoms with van der Waals surface area (Å²) in [5, 5.41) is 17.6. The average molecular weight is 222 g/mol. The van der Waals surface area contributed by atoms with Gasteiger partial charge in [0, 0.05) is 5.41 Å². The van der Waals surface area contributed by atoms with E-state index in [-0.39, 0.29) is 12.0 Å². The van der Waals surface area contributed by atoms with Gasteiger partial charge in [-0.25, -0.2) is 4.79 Å². The highest BCUT2D eigenvalue weighted by molar-refractivity contribution is 5.87. The van der Waals surface area contributed by atoms with Crippen molar-refractivity contribution in [1.29, 1.82) is 0 Å². The number of aliphatic carboxylic acids is 1. The molecule has 2 N–H and O–H groups in total. The molecule has 0 unspecified atom stereocenters. The van der Waals surface area contributed by atoms with Gasteiger partial charge in [-0.2, -0.15) is 0 Å². The van der Waals surface area contributed by atoms with Crippen LogP contribution in [-0.2, 0) is 10.2 Å². The first-order valence-electron chi connectivity index (χ1n) is 4.88. The Balaban J connectivity index is 3.07. The van der Waals surface area contributed by atoms with Crippen molar-refractivity contribution in [3.63, 3.8) is 0 Å². The summed E-state index contributed by atoms with van der Waals surface area (Å²) >= 11 is 0. The first kappa shape index (κ1) is 12.2. The third-order valence-corrected chi connectivity index (χ3v) is 2.48. The van der Waals surface area contributed by atoms with Crippen LogP contribution >= 0.6 is 0 Å². The van der Waals surface area contributed by atoms with Crippen LogP contribution < -0.4 is 0 Å². The summed E-state index contributed by atoms with van der Waals surface area (Å²) in [5.74, 6) is -1.90. The lowest BCUT2D eigenvalue weighted by Gasteiger charge is -2.23.